The fourth-order valence-corrected chi connectivity index (χ4v) is 4.42. The van der Waals surface area contributed by atoms with Crippen molar-refractivity contribution in [2.75, 3.05) is 31.1 Å². The van der Waals surface area contributed by atoms with Crippen LogP contribution in [0.25, 0.3) is 16.3 Å². The van der Waals surface area contributed by atoms with Crippen molar-refractivity contribution in [2.45, 2.75) is 0 Å². The Hall–Kier alpha value is -3.45. The lowest BCUT2D eigenvalue weighted by atomic mass is 10.2. The zero-order chi connectivity index (χ0) is 20.3. The molecule has 6 nitrogen and oxygen atoms in total. The maximum absolute atomic E-state index is 13.5. The standard InChI is InChI=1S/C23H21N5OS/c29-23(27-14-12-26(13-15-27)22-10-4-5-11-24-22)20-17-19(21-9-6-16-30-21)25-28(20)18-7-2-1-3-8-18/h1-11,16-17H,12-15H2/p+1. The fourth-order valence-electron chi connectivity index (χ4n) is 3.74. The smallest absolute Gasteiger partial charge is 0.274 e. The molecule has 0 bridgehead atoms. The zero-order valence-electron chi connectivity index (χ0n) is 16.4. The van der Waals surface area contributed by atoms with Crippen LogP contribution < -0.4 is 9.88 Å². The molecule has 1 aromatic carbocycles. The van der Waals surface area contributed by atoms with Crippen molar-refractivity contribution in [2.24, 2.45) is 0 Å². The number of aromatic amines is 1. The number of hydrogen-bond acceptors (Lipinski definition) is 4. The van der Waals surface area contributed by atoms with Crippen LogP contribution in [-0.4, -0.2) is 46.8 Å². The second-order valence-electron chi connectivity index (χ2n) is 7.17. The molecule has 0 saturated carbocycles. The Balaban J connectivity index is 1.41. The van der Waals surface area contributed by atoms with Gasteiger partial charge in [0.05, 0.1) is 29.9 Å². The third kappa shape index (κ3) is 3.59. The second kappa shape index (κ2) is 8.12. The van der Waals surface area contributed by atoms with Crippen LogP contribution in [0.2, 0.25) is 0 Å². The van der Waals surface area contributed by atoms with Crippen molar-refractivity contribution in [1.29, 1.82) is 0 Å². The van der Waals surface area contributed by atoms with E-state index in [1.165, 1.54) is 0 Å². The fraction of sp³-hybridized carbons (Fsp3) is 0.174. The molecule has 150 valence electrons. The lowest BCUT2D eigenvalue weighted by Crippen LogP contribution is -2.50. The largest absolute Gasteiger partial charge is 0.329 e. The molecule has 3 aromatic heterocycles. The number of H-pyrrole nitrogens is 1. The molecule has 0 spiro atoms. The van der Waals surface area contributed by atoms with Gasteiger partial charge in [-0.15, -0.1) is 11.3 Å². The summed E-state index contributed by atoms with van der Waals surface area (Å²) in [5, 5.41) is 6.79. The number of para-hydroxylation sites is 1. The van der Waals surface area contributed by atoms with Crippen LogP contribution in [-0.2, 0) is 0 Å². The molecule has 1 saturated heterocycles. The van der Waals surface area contributed by atoms with Gasteiger partial charge in [-0.25, -0.2) is 9.67 Å². The number of hydrogen-bond donors (Lipinski definition) is 0. The quantitative estimate of drug-likeness (QED) is 0.513. The van der Waals surface area contributed by atoms with Gasteiger partial charge in [0.2, 0.25) is 0 Å². The first-order valence-electron chi connectivity index (χ1n) is 10.00. The van der Waals surface area contributed by atoms with E-state index in [1.54, 1.807) is 16.0 Å². The predicted molar refractivity (Wildman–Crippen MR) is 118 cm³/mol. The monoisotopic (exact) mass is 416 g/mol. The Morgan fingerprint density at radius 3 is 2.43 bits per heavy atom. The van der Waals surface area contributed by atoms with E-state index in [1.807, 2.05) is 77.1 Å². The van der Waals surface area contributed by atoms with E-state index in [0.717, 1.165) is 35.2 Å². The van der Waals surface area contributed by atoms with E-state index in [0.29, 0.717) is 18.8 Å². The Labute approximate surface area is 179 Å². The van der Waals surface area contributed by atoms with Crippen molar-refractivity contribution in [3.05, 3.63) is 84.0 Å². The highest BCUT2D eigenvalue weighted by molar-refractivity contribution is 7.13. The summed E-state index contributed by atoms with van der Waals surface area (Å²) in [4.78, 5) is 22.0. The van der Waals surface area contributed by atoms with Gasteiger partial charge in [0.15, 0.2) is 0 Å². The molecule has 0 radical (unpaired) electrons. The number of aromatic nitrogens is 3. The molecule has 1 amide bonds. The number of amides is 1. The number of thiophene rings is 1. The van der Waals surface area contributed by atoms with Crippen molar-refractivity contribution < 1.29 is 9.78 Å². The summed E-state index contributed by atoms with van der Waals surface area (Å²) >= 11 is 1.63. The van der Waals surface area contributed by atoms with Gasteiger partial charge >= 0.3 is 0 Å². The van der Waals surface area contributed by atoms with Gasteiger partial charge in [0, 0.05) is 6.07 Å². The molecule has 1 aliphatic heterocycles. The highest BCUT2D eigenvalue weighted by Gasteiger charge is 2.29. The van der Waals surface area contributed by atoms with E-state index in [-0.39, 0.29) is 5.91 Å². The third-order valence-electron chi connectivity index (χ3n) is 5.30. The van der Waals surface area contributed by atoms with E-state index < -0.39 is 0 Å². The van der Waals surface area contributed by atoms with E-state index in [9.17, 15) is 4.79 Å². The van der Waals surface area contributed by atoms with E-state index in [2.05, 4.69) is 16.0 Å². The summed E-state index contributed by atoms with van der Waals surface area (Å²) in [5.41, 5.74) is 2.32. The van der Waals surface area contributed by atoms with Gasteiger partial charge in [-0.2, -0.15) is 5.10 Å². The molecule has 0 unspecified atom stereocenters. The highest BCUT2D eigenvalue weighted by atomic mass is 32.1. The maximum Gasteiger partial charge on any atom is 0.274 e. The topological polar surface area (TPSA) is 55.5 Å². The Bertz CT molecular complexity index is 1120. The molecule has 30 heavy (non-hydrogen) atoms. The molecule has 7 heteroatoms. The van der Waals surface area contributed by atoms with Crippen LogP contribution in [0, 0.1) is 0 Å². The van der Waals surface area contributed by atoms with Gasteiger partial charge in [-0.3, -0.25) is 9.69 Å². The van der Waals surface area contributed by atoms with Crippen LogP contribution in [0.4, 0.5) is 5.82 Å². The van der Waals surface area contributed by atoms with Crippen LogP contribution >= 0.6 is 11.3 Å². The van der Waals surface area contributed by atoms with Gasteiger partial charge in [-0.05, 0) is 35.7 Å². The summed E-state index contributed by atoms with van der Waals surface area (Å²) < 4.78 is 1.77. The van der Waals surface area contributed by atoms with Gasteiger partial charge in [0.25, 0.3) is 11.7 Å². The SMILES string of the molecule is O=C(c1cc(-c2cccs2)nn1-c1ccccc1)N1CCN(c2cccc[nH+]2)CC1. The molecular formula is C23H22N5OS+. The number of benzene rings is 1. The lowest BCUT2D eigenvalue weighted by molar-refractivity contribution is -0.364. The molecule has 1 N–H and O–H groups in total. The molecular weight excluding hydrogens is 394 g/mol. The molecule has 0 aliphatic carbocycles. The Kier molecular flexibility index (Phi) is 5.03. The predicted octanol–water partition coefficient (Wildman–Crippen LogP) is 3.38. The zero-order valence-corrected chi connectivity index (χ0v) is 17.3. The first-order valence-corrected chi connectivity index (χ1v) is 10.9. The summed E-state index contributed by atoms with van der Waals surface area (Å²) in [5.74, 6) is 1.10. The van der Waals surface area contributed by atoms with Gasteiger partial charge in [-0.1, -0.05) is 30.3 Å². The Morgan fingerprint density at radius 2 is 1.73 bits per heavy atom. The minimum Gasteiger partial charge on any atom is -0.329 e. The third-order valence-corrected chi connectivity index (χ3v) is 6.20. The van der Waals surface area contributed by atoms with E-state index >= 15 is 0 Å². The second-order valence-corrected chi connectivity index (χ2v) is 8.11. The first kappa shape index (κ1) is 18.6. The number of nitrogens with one attached hydrogen (secondary N) is 1. The van der Waals surface area contributed by atoms with Crippen molar-refractivity contribution in [1.82, 2.24) is 14.7 Å². The highest BCUT2D eigenvalue weighted by Crippen LogP contribution is 2.26. The van der Waals surface area contributed by atoms with Crippen LogP contribution in [0.15, 0.2) is 78.3 Å². The molecule has 4 heterocycles. The van der Waals surface area contributed by atoms with Crippen LogP contribution in [0.1, 0.15) is 10.5 Å². The summed E-state index contributed by atoms with van der Waals surface area (Å²) in [6.07, 6.45) is 1.93. The number of pyridine rings is 1. The maximum atomic E-state index is 13.5. The number of rotatable bonds is 4. The summed E-state index contributed by atoms with van der Waals surface area (Å²) in [6.45, 7) is 2.94. The number of nitrogens with zero attached hydrogens (tertiary/aromatic N) is 4. The molecule has 0 atom stereocenters. The van der Waals surface area contributed by atoms with Crippen LogP contribution in [0.5, 0.6) is 0 Å². The molecule has 4 aromatic rings. The first-order chi connectivity index (χ1) is 14.8. The summed E-state index contributed by atoms with van der Waals surface area (Å²) in [6, 6.07) is 21.9. The minimum atomic E-state index is 0.0193. The van der Waals surface area contributed by atoms with Gasteiger partial charge in [0.1, 0.15) is 24.5 Å². The summed E-state index contributed by atoms with van der Waals surface area (Å²) in [7, 11) is 0. The van der Waals surface area contributed by atoms with Crippen LogP contribution in [0.3, 0.4) is 0 Å². The number of piperazine rings is 1. The van der Waals surface area contributed by atoms with Gasteiger partial charge < -0.3 is 4.90 Å². The molecule has 5 rings (SSSR count). The number of carbonyl (C=O) groups is 1. The minimum absolute atomic E-state index is 0.0193. The normalized spacial score (nSPS) is 14.1. The van der Waals surface area contributed by atoms with Crippen molar-refractivity contribution >= 4 is 23.1 Å². The number of carbonyl (C=O) groups excluding carboxylic acids is 1. The molecule has 1 aliphatic rings. The lowest BCUT2D eigenvalue weighted by Gasteiger charge is -2.31. The average molecular weight is 417 g/mol. The van der Waals surface area contributed by atoms with Crippen molar-refractivity contribution in [3.8, 4) is 16.3 Å². The van der Waals surface area contributed by atoms with Crippen molar-refractivity contribution in [3.63, 3.8) is 0 Å². The molecule has 1 fully saturated rings. The number of anilines is 1. The van der Waals surface area contributed by atoms with E-state index in [4.69, 9.17) is 5.10 Å². The Morgan fingerprint density at radius 1 is 0.933 bits per heavy atom. The average Bonchev–Trinajstić information content (AvgIpc) is 3.50.